The van der Waals surface area contributed by atoms with Gasteiger partial charge in [0.05, 0.1) is 11.5 Å². The van der Waals surface area contributed by atoms with Crippen molar-refractivity contribution < 1.29 is 18.0 Å². The summed E-state index contributed by atoms with van der Waals surface area (Å²) in [6.07, 6.45) is 2.73. The highest BCUT2D eigenvalue weighted by atomic mass is 32.2. The quantitative estimate of drug-likeness (QED) is 0.771. The summed E-state index contributed by atoms with van der Waals surface area (Å²) >= 11 is 0. The van der Waals surface area contributed by atoms with Crippen LogP contribution in [0.1, 0.15) is 48.5 Å². The second kappa shape index (κ2) is 7.73. The maximum Gasteiger partial charge on any atom is 0.220 e. The average molecular weight is 337 g/mol. The first-order valence-corrected chi connectivity index (χ1v) is 9.83. The van der Waals surface area contributed by atoms with Gasteiger partial charge in [0.2, 0.25) is 5.91 Å². The Balaban J connectivity index is 1.78. The smallest absolute Gasteiger partial charge is 0.220 e. The lowest BCUT2D eigenvalue weighted by Crippen LogP contribution is -2.35. The number of nitrogens with one attached hydrogen (secondary N) is 1. The van der Waals surface area contributed by atoms with Crippen LogP contribution in [0.2, 0.25) is 0 Å². The van der Waals surface area contributed by atoms with Gasteiger partial charge in [0.15, 0.2) is 15.6 Å². The second-order valence-corrected chi connectivity index (χ2v) is 8.27. The molecule has 0 saturated carbocycles. The Morgan fingerprint density at radius 1 is 1.17 bits per heavy atom. The van der Waals surface area contributed by atoms with E-state index in [1.807, 2.05) is 12.1 Å². The highest BCUT2D eigenvalue weighted by Crippen LogP contribution is 2.13. The summed E-state index contributed by atoms with van der Waals surface area (Å²) in [6.45, 7) is 2.10. The maximum atomic E-state index is 12.1. The van der Waals surface area contributed by atoms with Crippen molar-refractivity contribution in [3.63, 3.8) is 0 Å². The van der Waals surface area contributed by atoms with Gasteiger partial charge in [0.25, 0.3) is 0 Å². The van der Waals surface area contributed by atoms with Gasteiger partial charge in [-0.1, -0.05) is 37.6 Å². The normalized spacial score (nSPS) is 19.4. The van der Waals surface area contributed by atoms with Crippen LogP contribution in [0.5, 0.6) is 0 Å². The van der Waals surface area contributed by atoms with Crippen LogP contribution in [0.15, 0.2) is 24.3 Å². The fraction of sp³-hybridized carbons (Fsp3) is 0.529. The van der Waals surface area contributed by atoms with E-state index >= 15 is 0 Å². The van der Waals surface area contributed by atoms with Crippen molar-refractivity contribution in [3.8, 4) is 0 Å². The Kier molecular flexibility index (Phi) is 5.93. The van der Waals surface area contributed by atoms with E-state index in [0.29, 0.717) is 12.0 Å². The van der Waals surface area contributed by atoms with Crippen LogP contribution in [0.25, 0.3) is 0 Å². The van der Waals surface area contributed by atoms with Crippen molar-refractivity contribution in [1.29, 1.82) is 0 Å². The average Bonchev–Trinajstić information content (AvgIpc) is 2.84. The zero-order valence-corrected chi connectivity index (χ0v) is 14.2. The number of rotatable bonds is 7. The molecule has 1 saturated heterocycles. The molecular formula is C17H23NO4S. The minimum absolute atomic E-state index is 0.00553. The summed E-state index contributed by atoms with van der Waals surface area (Å²) < 4.78 is 22.7. The number of amides is 1. The molecule has 1 aliphatic heterocycles. The first kappa shape index (κ1) is 17.7. The van der Waals surface area contributed by atoms with Crippen molar-refractivity contribution in [3.05, 3.63) is 35.4 Å². The monoisotopic (exact) mass is 337 g/mol. The van der Waals surface area contributed by atoms with Gasteiger partial charge in [-0.15, -0.1) is 0 Å². The van der Waals surface area contributed by atoms with E-state index in [2.05, 4.69) is 12.2 Å². The van der Waals surface area contributed by atoms with Gasteiger partial charge in [0.1, 0.15) is 0 Å². The number of sulfone groups is 1. The Morgan fingerprint density at radius 2 is 1.87 bits per heavy atom. The largest absolute Gasteiger partial charge is 0.352 e. The lowest BCUT2D eigenvalue weighted by atomic mass is 10.0. The zero-order valence-electron chi connectivity index (χ0n) is 13.4. The van der Waals surface area contributed by atoms with Crippen molar-refractivity contribution in [2.75, 3.05) is 11.5 Å². The molecule has 0 unspecified atom stereocenters. The van der Waals surface area contributed by atoms with Crippen molar-refractivity contribution >= 4 is 21.5 Å². The zero-order chi connectivity index (χ0) is 16.9. The minimum Gasteiger partial charge on any atom is -0.352 e. The summed E-state index contributed by atoms with van der Waals surface area (Å²) in [4.78, 5) is 23.9. The summed E-state index contributed by atoms with van der Waals surface area (Å²) in [7, 11) is -3.01. The molecule has 0 aromatic heterocycles. The molecular weight excluding hydrogens is 314 g/mol. The Labute approximate surface area is 137 Å². The van der Waals surface area contributed by atoms with Gasteiger partial charge in [-0.3, -0.25) is 9.59 Å². The van der Waals surface area contributed by atoms with E-state index in [-0.39, 0.29) is 42.1 Å². The third-order valence-corrected chi connectivity index (χ3v) is 5.76. The molecule has 126 valence electrons. The molecule has 2 rings (SSSR count). The first-order chi connectivity index (χ1) is 10.9. The van der Waals surface area contributed by atoms with Crippen molar-refractivity contribution in [1.82, 2.24) is 5.32 Å². The van der Waals surface area contributed by atoms with Gasteiger partial charge in [0, 0.05) is 24.4 Å². The topological polar surface area (TPSA) is 80.3 Å². The van der Waals surface area contributed by atoms with E-state index in [0.717, 1.165) is 12.8 Å². The second-order valence-electron chi connectivity index (χ2n) is 6.04. The summed E-state index contributed by atoms with van der Waals surface area (Å²) in [5.41, 5.74) is 1.81. The Morgan fingerprint density at radius 3 is 2.43 bits per heavy atom. The molecule has 1 N–H and O–H groups in total. The number of ketones is 1. The maximum absolute atomic E-state index is 12.1. The van der Waals surface area contributed by atoms with E-state index in [1.54, 1.807) is 12.1 Å². The SMILES string of the molecule is CCCc1ccc(C(=O)CCC(=O)N[C@@H]2CCS(=O)(=O)C2)cc1. The van der Waals surface area contributed by atoms with Crippen LogP contribution >= 0.6 is 0 Å². The van der Waals surface area contributed by atoms with E-state index in [9.17, 15) is 18.0 Å². The molecule has 1 aromatic carbocycles. The van der Waals surface area contributed by atoms with Crippen molar-refractivity contribution in [2.45, 2.75) is 45.1 Å². The lowest BCUT2D eigenvalue weighted by molar-refractivity contribution is -0.121. The van der Waals surface area contributed by atoms with Crippen LogP contribution in [0.3, 0.4) is 0 Å². The number of hydrogen-bond acceptors (Lipinski definition) is 4. The molecule has 1 aliphatic rings. The lowest BCUT2D eigenvalue weighted by Gasteiger charge is -2.10. The number of hydrogen-bond donors (Lipinski definition) is 1. The van der Waals surface area contributed by atoms with Crippen LogP contribution < -0.4 is 5.32 Å². The minimum atomic E-state index is -3.01. The van der Waals surface area contributed by atoms with Gasteiger partial charge >= 0.3 is 0 Å². The van der Waals surface area contributed by atoms with Gasteiger partial charge in [-0.25, -0.2) is 8.42 Å². The Bertz CT molecular complexity index is 664. The van der Waals surface area contributed by atoms with Crippen LogP contribution in [0.4, 0.5) is 0 Å². The van der Waals surface area contributed by atoms with Gasteiger partial charge in [-0.2, -0.15) is 0 Å². The number of carbonyl (C=O) groups excluding carboxylic acids is 2. The predicted molar refractivity (Wildman–Crippen MR) is 89.2 cm³/mol. The summed E-state index contributed by atoms with van der Waals surface area (Å²) in [6, 6.07) is 7.18. The summed E-state index contributed by atoms with van der Waals surface area (Å²) in [5.74, 6) is -0.197. The molecule has 5 nitrogen and oxygen atoms in total. The highest BCUT2D eigenvalue weighted by Gasteiger charge is 2.28. The molecule has 23 heavy (non-hydrogen) atoms. The number of aryl methyl sites for hydroxylation is 1. The van der Waals surface area contributed by atoms with Gasteiger partial charge < -0.3 is 5.32 Å². The van der Waals surface area contributed by atoms with E-state index in [4.69, 9.17) is 0 Å². The molecule has 0 radical (unpaired) electrons. The van der Waals surface area contributed by atoms with E-state index < -0.39 is 9.84 Å². The molecule has 0 aliphatic carbocycles. The van der Waals surface area contributed by atoms with Gasteiger partial charge in [-0.05, 0) is 18.4 Å². The molecule has 0 spiro atoms. The molecule has 1 amide bonds. The predicted octanol–water partition coefficient (Wildman–Crippen LogP) is 1.91. The molecule has 1 aromatic rings. The third-order valence-electron chi connectivity index (χ3n) is 3.99. The fourth-order valence-corrected chi connectivity index (χ4v) is 4.40. The molecule has 0 bridgehead atoms. The molecule has 1 heterocycles. The van der Waals surface area contributed by atoms with Crippen molar-refractivity contribution in [2.24, 2.45) is 0 Å². The number of carbonyl (C=O) groups is 2. The third kappa shape index (κ3) is 5.46. The first-order valence-electron chi connectivity index (χ1n) is 8.01. The fourth-order valence-electron chi connectivity index (χ4n) is 2.73. The van der Waals surface area contributed by atoms with Crippen LogP contribution in [0, 0.1) is 0 Å². The highest BCUT2D eigenvalue weighted by molar-refractivity contribution is 7.91. The van der Waals surface area contributed by atoms with Crippen LogP contribution in [-0.2, 0) is 21.1 Å². The summed E-state index contributed by atoms with van der Waals surface area (Å²) in [5, 5.41) is 2.70. The molecule has 1 fully saturated rings. The molecule has 1 atom stereocenters. The number of Topliss-reactive ketones (excluding diaryl/α,β-unsaturated/α-hetero) is 1. The standard InChI is InChI=1S/C17H23NO4S/c1-2-3-13-4-6-14(7-5-13)16(19)8-9-17(20)18-15-10-11-23(21,22)12-15/h4-7,15H,2-3,8-12H2,1H3,(H,18,20)/t15-/m1/s1. The Hall–Kier alpha value is -1.69. The number of benzene rings is 1. The van der Waals surface area contributed by atoms with E-state index in [1.165, 1.54) is 5.56 Å². The van der Waals surface area contributed by atoms with Crippen LogP contribution in [-0.4, -0.2) is 37.7 Å². The molecule has 6 heteroatoms.